The minimum absolute atomic E-state index is 0.00923. The molecule has 0 saturated carbocycles. The third-order valence-corrected chi connectivity index (χ3v) is 5.29. The number of para-hydroxylation sites is 1. The van der Waals surface area contributed by atoms with E-state index in [2.05, 4.69) is 0 Å². The van der Waals surface area contributed by atoms with Crippen molar-refractivity contribution in [1.82, 2.24) is 14.5 Å². The molecule has 0 aliphatic heterocycles. The van der Waals surface area contributed by atoms with Crippen molar-refractivity contribution in [3.05, 3.63) is 70.0 Å². The van der Waals surface area contributed by atoms with Crippen LogP contribution >= 0.6 is 11.8 Å². The van der Waals surface area contributed by atoms with E-state index in [0.717, 1.165) is 5.56 Å². The molecule has 0 aliphatic carbocycles. The van der Waals surface area contributed by atoms with Crippen LogP contribution in [-0.2, 0) is 5.75 Å². The van der Waals surface area contributed by atoms with Gasteiger partial charge in [0.2, 0.25) is 0 Å². The monoisotopic (exact) mass is 381 g/mol. The molecule has 0 aliphatic rings. The highest BCUT2D eigenvalue weighted by atomic mass is 32.2. The molecule has 6 heteroatoms. The van der Waals surface area contributed by atoms with Crippen molar-refractivity contribution >= 4 is 28.6 Å². The van der Waals surface area contributed by atoms with E-state index in [9.17, 15) is 9.59 Å². The Kier molecular flexibility index (Phi) is 5.65. The van der Waals surface area contributed by atoms with Crippen molar-refractivity contribution in [2.24, 2.45) is 0 Å². The fraction of sp³-hybridized carbons (Fsp3) is 0.286. The van der Waals surface area contributed by atoms with Crippen molar-refractivity contribution in [1.29, 1.82) is 0 Å². The SMILES string of the molecule is CC(C)n1c(SCc2ccc(C(=O)N(C)C)cc2)nc2ccccc2c1=O. The molecule has 0 N–H and O–H groups in total. The topological polar surface area (TPSA) is 55.2 Å². The average molecular weight is 382 g/mol. The first-order valence-electron chi connectivity index (χ1n) is 8.83. The maximum absolute atomic E-state index is 12.9. The second kappa shape index (κ2) is 7.96. The van der Waals surface area contributed by atoms with Crippen LogP contribution in [0.1, 0.15) is 35.8 Å². The first-order valence-corrected chi connectivity index (χ1v) is 9.81. The van der Waals surface area contributed by atoms with Crippen LogP contribution in [-0.4, -0.2) is 34.5 Å². The quantitative estimate of drug-likeness (QED) is 0.496. The van der Waals surface area contributed by atoms with E-state index < -0.39 is 0 Å². The Morgan fingerprint density at radius 2 is 1.78 bits per heavy atom. The number of thioether (sulfide) groups is 1. The summed E-state index contributed by atoms with van der Waals surface area (Å²) in [5, 5.41) is 1.35. The van der Waals surface area contributed by atoms with E-state index in [-0.39, 0.29) is 17.5 Å². The van der Waals surface area contributed by atoms with E-state index in [1.165, 1.54) is 11.8 Å². The molecule has 3 rings (SSSR count). The predicted octanol–water partition coefficient (Wildman–Crippen LogP) is 3.97. The molecule has 0 unspecified atom stereocenters. The zero-order valence-corrected chi connectivity index (χ0v) is 16.8. The molecule has 0 saturated heterocycles. The second-order valence-corrected chi connectivity index (χ2v) is 7.81. The number of carbonyl (C=O) groups is 1. The highest BCUT2D eigenvalue weighted by molar-refractivity contribution is 7.98. The normalized spacial score (nSPS) is 11.1. The number of aromatic nitrogens is 2. The Hall–Kier alpha value is -2.60. The summed E-state index contributed by atoms with van der Waals surface area (Å²) in [7, 11) is 3.48. The average Bonchev–Trinajstić information content (AvgIpc) is 2.66. The highest BCUT2D eigenvalue weighted by Gasteiger charge is 2.14. The van der Waals surface area contributed by atoms with Crippen LogP contribution in [0.2, 0.25) is 0 Å². The van der Waals surface area contributed by atoms with Gasteiger partial charge in [-0.15, -0.1) is 0 Å². The third-order valence-electron chi connectivity index (χ3n) is 4.27. The smallest absolute Gasteiger partial charge is 0.262 e. The number of nitrogens with zero attached hydrogens (tertiary/aromatic N) is 3. The summed E-state index contributed by atoms with van der Waals surface area (Å²) >= 11 is 1.53. The number of hydrogen-bond donors (Lipinski definition) is 0. The molecule has 1 aromatic heterocycles. The van der Waals surface area contributed by atoms with Crippen molar-refractivity contribution in [2.45, 2.75) is 30.8 Å². The van der Waals surface area contributed by atoms with Gasteiger partial charge >= 0.3 is 0 Å². The summed E-state index contributed by atoms with van der Waals surface area (Å²) in [6, 6.07) is 15.0. The molecule has 0 fully saturated rings. The van der Waals surface area contributed by atoms with Gasteiger partial charge in [-0.2, -0.15) is 0 Å². The molecule has 0 radical (unpaired) electrons. The van der Waals surface area contributed by atoms with Gasteiger partial charge in [0.1, 0.15) is 0 Å². The van der Waals surface area contributed by atoms with E-state index >= 15 is 0 Å². The molecule has 27 heavy (non-hydrogen) atoms. The van der Waals surface area contributed by atoms with E-state index in [1.807, 2.05) is 62.4 Å². The summed E-state index contributed by atoms with van der Waals surface area (Å²) in [6.07, 6.45) is 0. The number of amides is 1. The molecule has 1 heterocycles. The first kappa shape index (κ1) is 19.2. The summed E-state index contributed by atoms with van der Waals surface area (Å²) in [6.45, 7) is 3.98. The minimum Gasteiger partial charge on any atom is -0.345 e. The zero-order valence-electron chi connectivity index (χ0n) is 16.0. The largest absolute Gasteiger partial charge is 0.345 e. The summed E-state index contributed by atoms with van der Waals surface area (Å²) < 4.78 is 1.75. The van der Waals surface area contributed by atoms with Gasteiger partial charge in [0, 0.05) is 31.5 Å². The lowest BCUT2D eigenvalue weighted by Crippen LogP contribution is -2.25. The summed E-state index contributed by atoms with van der Waals surface area (Å²) in [5.41, 5.74) is 2.45. The Labute approximate surface area is 163 Å². The van der Waals surface area contributed by atoms with Gasteiger partial charge in [-0.05, 0) is 43.7 Å². The van der Waals surface area contributed by atoms with Gasteiger partial charge in [0.05, 0.1) is 10.9 Å². The van der Waals surface area contributed by atoms with Crippen LogP contribution in [0.4, 0.5) is 0 Å². The van der Waals surface area contributed by atoms with Crippen LogP contribution in [0.25, 0.3) is 10.9 Å². The minimum atomic E-state index is -0.0148. The molecule has 1 amide bonds. The van der Waals surface area contributed by atoms with Gasteiger partial charge in [-0.3, -0.25) is 14.2 Å². The molecule has 0 atom stereocenters. The Morgan fingerprint density at radius 1 is 1.11 bits per heavy atom. The molecule has 5 nitrogen and oxygen atoms in total. The summed E-state index contributed by atoms with van der Waals surface area (Å²) in [4.78, 5) is 31.1. The van der Waals surface area contributed by atoms with Gasteiger partial charge in [-0.25, -0.2) is 4.98 Å². The molecule has 0 bridgehead atoms. The Morgan fingerprint density at radius 3 is 2.41 bits per heavy atom. The molecule has 3 aromatic rings. The van der Waals surface area contributed by atoms with Gasteiger partial charge in [-0.1, -0.05) is 36.0 Å². The lowest BCUT2D eigenvalue weighted by Gasteiger charge is -2.16. The van der Waals surface area contributed by atoms with Crippen LogP contribution in [0.15, 0.2) is 58.5 Å². The van der Waals surface area contributed by atoms with Gasteiger partial charge < -0.3 is 4.90 Å². The number of fused-ring (bicyclic) bond motifs is 1. The fourth-order valence-electron chi connectivity index (χ4n) is 2.83. The second-order valence-electron chi connectivity index (χ2n) is 6.87. The number of carbonyl (C=O) groups excluding carboxylic acids is 1. The number of benzene rings is 2. The standard InChI is InChI=1S/C21H23N3O2S/c1-14(2)24-20(26)17-7-5-6-8-18(17)22-21(24)27-13-15-9-11-16(12-10-15)19(25)23(3)4/h5-12,14H,13H2,1-4H3. The van der Waals surface area contributed by atoms with Crippen molar-refractivity contribution in [2.75, 3.05) is 14.1 Å². The van der Waals surface area contributed by atoms with E-state index in [1.54, 1.807) is 23.6 Å². The van der Waals surface area contributed by atoms with Crippen LogP contribution < -0.4 is 5.56 Å². The maximum Gasteiger partial charge on any atom is 0.262 e. The lowest BCUT2D eigenvalue weighted by molar-refractivity contribution is 0.0827. The van der Waals surface area contributed by atoms with E-state index in [0.29, 0.717) is 27.4 Å². The number of rotatable bonds is 5. The van der Waals surface area contributed by atoms with Crippen molar-refractivity contribution < 1.29 is 4.79 Å². The van der Waals surface area contributed by atoms with E-state index in [4.69, 9.17) is 4.98 Å². The molecule has 2 aromatic carbocycles. The van der Waals surface area contributed by atoms with Crippen molar-refractivity contribution in [3.63, 3.8) is 0 Å². The Bertz CT molecular complexity index is 1020. The maximum atomic E-state index is 12.9. The van der Waals surface area contributed by atoms with Crippen LogP contribution in [0.3, 0.4) is 0 Å². The molecular formula is C21H23N3O2S. The molecule has 140 valence electrons. The molecule has 0 spiro atoms. The third kappa shape index (κ3) is 4.06. The lowest BCUT2D eigenvalue weighted by atomic mass is 10.1. The zero-order chi connectivity index (χ0) is 19.6. The predicted molar refractivity (Wildman–Crippen MR) is 110 cm³/mol. The number of hydrogen-bond acceptors (Lipinski definition) is 4. The van der Waals surface area contributed by atoms with Crippen molar-refractivity contribution in [3.8, 4) is 0 Å². The highest BCUT2D eigenvalue weighted by Crippen LogP contribution is 2.24. The first-order chi connectivity index (χ1) is 12.9. The summed E-state index contributed by atoms with van der Waals surface area (Å²) in [5.74, 6) is 0.660. The van der Waals surface area contributed by atoms with Crippen LogP contribution in [0, 0.1) is 0 Å². The Balaban J connectivity index is 1.87. The van der Waals surface area contributed by atoms with Gasteiger partial charge in [0.25, 0.3) is 11.5 Å². The van der Waals surface area contributed by atoms with Gasteiger partial charge in [0.15, 0.2) is 5.16 Å². The fourth-order valence-corrected chi connectivity index (χ4v) is 3.92. The molecular weight excluding hydrogens is 358 g/mol. The van der Waals surface area contributed by atoms with Crippen LogP contribution in [0.5, 0.6) is 0 Å².